The summed E-state index contributed by atoms with van der Waals surface area (Å²) in [6.07, 6.45) is 4.97. The Labute approximate surface area is 227 Å². The van der Waals surface area contributed by atoms with Crippen molar-refractivity contribution in [1.29, 1.82) is 0 Å². The zero-order valence-corrected chi connectivity index (χ0v) is 23.3. The van der Waals surface area contributed by atoms with Gasteiger partial charge in [0.05, 0.1) is 22.2 Å². The van der Waals surface area contributed by atoms with Gasteiger partial charge in [0.15, 0.2) is 15.7 Å². The van der Waals surface area contributed by atoms with E-state index in [9.17, 15) is 18.0 Å². The molecule has 1 saturated carbocycles. The number of hydrogen-bond donors (Lipinski definition) is 2. The van der Waals surface area contributed by atoms with Crippen molar-refractivity contribution in [3.05, 3.63) is 53.0 Å². The van der Waals surface area contributed by atoms with Gasteiger partial charge in [0, 0.05) is 38.1 Å². The third-order valence-electron chi connectivity index (χ3n) is 8.04. The van der Waals surface area contributed by atoms with E-state index in [2.05, 4.69) is 25.2 Å². The smallest absolute Gasteiger partial charge is 0.269 e. The van der Waals surface area contributed by atoms with Crippen molar-refractivity contribution < 1.29 is 18.0 Å². The maximum atomic E-state index is 13.3. The summed E-state index contributed by atoms with van der Waals surface area (Å²) in [5.74, 6) is 0.518. The number of aromatic nitrogens is 3. The lowest BCUT2D eigenvalue weighted by Gasteiger charge is -2.36. The number of imidazole rings is 1. The number of benzene rings is 1. The van der Waals surface area contributed by atoms with Crippen molar-refractivity contribution in [2.75, 3.05) is 26.4 Å². The van der Waals surface area contributed by atoms with Crippen LogP contribution in [0.5, 0.6) is 0 Å². The Hall–Kier alpha value is -3.57. The number of pyridine rings is 1. The molecule has 0 bridgehead atoms. The Morgan fingerprint density at radius 3 is 2.59 bits per heavy atom. The van der Waals surface area contributed by atoms with E-state index >= 15 is 0 Å². The van der Waals surface area contributed by atoms with Crippen LogP contribution in [-0.2, 0) is 16.4 Å². The van der Waals surface area contributed by atoms with E-state index in [1.807, 2.05) is 26.1 Å². The molecule has 1 saturated heterocycles. The van der Waals surface area contributed by atoms with Crippen LogP contribution in [-0.4, -0.2) is 83.5 Å². The van der Waals surface area contributed by atoms with Crippen LogP contribution in [0.1, 0.15) is 51.9 Å². The summed E-state index contributed by atoms with van der Waals surface area (Å²) in [5.41, 5.74) is 3.93. The normalized spacial score (nSPS) is 18.7. The summed E-state index contributed by atoms with van der Waals surface area (Å²) in [7, 11) is -1.66. The first kappa shape index (κ1) is 25.7. The molecule has 6 rings (SSSR count). The monoisotopic (exact) mass is 548 g/mol. The van der Waals surface area contributed by atoms with Crippen LogP contribution in [0, 0.1) is 12.8 Å². The first-order chi connectivity index (χ1) is 18.5. The SMILES string of the molecule is Cc1nc(-c2cc(-c3cc4c(c(S(C)(=O)=O)c3)C(=O)N([C@@H](C)C3CC3)C4)ccn2)[nH]c1C(=O)NC1CN(C)C1. The molecule has 4 heterocycles. The number of sulfone groups is 1. The Balaban J connectivity index is 1.33. The van der Waals surface area contributed by atoms with Crippen LogP contribution >= 0.6 is 0 Å². The quantitative estimate of drug-likeness (QED) is 0.465. The summed E-state index contributed by atoms with van der Waals surface area (Å²) in [6, 6.07) is 7.30. The number of aryl methyl sites for hydroxylation is 1. The molecule has 10 nitrogen and oxygen atoms in total. The molecule has 2 N–H and O–H groups in total. The van der Waals surface area contributed by atoms with Crippen LogP contribution < -0.4 is 5.32 Å². The van der Waals surface area contributed by atoms with Crippen LogP contribution in [0.3, 0.4) is 0 Å². The number of likely N-dealkylation sites (N-methyl/N-ethyl adjacent to an activating group) is 1. The number of likely N-dealkylation sites (tertiary alicyclic amines) is 1. The van der Waals surface area contributed by atoms with Crippen molar-refractivity contribution in [2.24, 2.45) is 5.92 Å². The largest absolute Gasteiger partial charge is 0.345 e. The molecule has 11 heteroatoms. The van der Waals surface area contributed by atoms with Crippen LogP contribution in [0.2, 0.25) is 0 Å². The van der Waals surface area contributed by atoms with Gasteiger partial charge >= 0.3 is 0 Å². The lowest BCUT2D eigenvalue weighted by atomic mass is 10.0. The molecule has 0 unspecified atom stereocenters. The Bertz CT molecular complexity index is 1600. The molecular formula is C28H32N6O4S. The van der Waals surface area contributed by atoms with Gasteiger partial charge < -0.3 is 20.1 Å². The third kappa shape index (κ3) is 4.74. The summed E-state index contributed by atoms with van der Waals surface area (Å²) >= 11 is 0. The van der Waals surface area contributed by atoms with Crippen molar-refractivity contribution in [3.8, 4) is 22.6 Å². The topological polar surface area (TPSA) is 128 Å². The predicted octanol–water partition coefficient (Wildman–Crippen LogP) is 2.65. The minimum atomic E-state index is -3.66. The van der Waals surface area contributed by atoms with Gasteiger partial charge in [-0.25, -0.2) is 13.4 Å². The highest BCUT2D eigenvalue weighted by Gasteiger charge is 2.41. The Morgan fingerprint density at radius 1 is 1.18 bits per heavy atom. The molecule has 2 aromatic heterocycles. The van der Waals surface area contributed by atoms with Gasteiger partial charge in [-0.15, -0.1) is 0 Å². The summed E-state index contributed by atoms with van der Waals surface area (Å²) in [5, 5.41) is 3.02. The second kappa shape index (κ2) is 9.27. The van der Waals surface area contributed by atoms with Gasteiger partial charge in [-0.2, -0.15) is 0 Å². The van der Waals surface area contributed by atoms with E-state index < -0.39 is 9.84 Å². The molecule has 2 fully saturated rings. The van der Waals surface area contributed by atoms with Crippen LogP contribution in [0.15, 0.2) is 35.4 Å². The fourth-order valence-electron chi connectivity index (χ4n) is 5.65. The third-order valence-corrected chi connectivity index (χ3v) is 9.16. The van der Waals surface area contributed by atoms with Gasteiger partial charge in [0.25, 0.3) is 11.8 Å². The van der Waals surface area contributed by atoms with E-state index in [0.29, 0.717) is 40.9 Å². The number of rotatable bonds is 7. The van der Waals surface area contributed by atoms with Gasteiger partial charge in [-0.1, -0.05) is 0 Å². The number of aromatic amines is 1. The Morgan fingerprint density at radius 2 is 1.92 bits per heavy atom. The fourth-order valence-corrected chi connectivity index (χ4v) is 6.58. The molecule has 3 aliphatic rings. The Kier molecular flexibility index (Phi) is 6.11. The summed E-state index contributed by atoms with van der Waals surface area (Å²) < 4.78 is 25.6. The number of fused-ring (bicyclic) bond motifs is 1. The zero-order valence-electron chi connectivity index (χ0n) is 22.5. The van der Waals surface area contributed by atoms with E-state index in [4.69, 9.17) is 0 Å². The van der Waals surface area contributed by atoms with Gasteiger partial charge in [0.1, 0.15) is 11.4 Å². The molecule has 39 heavy (non-hydrogen) atoms. The van der Waals surface area contributed by atoms with Crippen molar-refractivity contribution in [1.82, 2.24) is 30.1 Å². The molecule has 0 radical (unpaired) electrons. The second-order valence-electron chi connectivity index (χ2n) is 11.2. The maximum absolute atomic E-state index is 13.3. The molecule has 1 atom stereocenters. The average molecular weight is 549 g/mol. The average Bonchev–Trinajstić information content (AvgIpc) is 3.57. The van der Waals surface area contributed by atoms with Crippen LogP contribution in [0.4, 0.5) is 0 Å². The summed E-state index contributed by atoms with van der Waals surface area (Å²) in [4.78, 5) is 42.2. The van der Waals surface area contributed by atoms with Crippen molar-refractivity contribution >= 4 is 21.7 Å². The number of nitrogens with zero attached hydrogens (tertiary/aromatic N) is 4. The lowest BCUT2D eigenvalue weighted by Crippen LogP contribution is -2.57. The van der Waals surface area contributed by atoms with E-state index in [1.54, 1.807) is 30.2 Å². The second-order valence-corrected chi connectivity index (χ2v) is 13.1. The highest BCUT2D eigenvalue weighted by Crippen LogP contribution is 2.41. The first-order valence-corrected chi connectivity index (χ1v) is 15.1. The lowest BCUT2D eigenvalue weighted by molar-refractivity contribution is 0.0694. The van der Waals surface area contributed by atoms with Crippen molar-refractivity contribution in [2.45, 2.75) is 50.2 Å². The molecule has 2 aliphatic heterocycles. The molecule has 3 aromatic rings. The van der Waals surface area contributed by atoms with Gasteiger partial charge in [0.2, 0.25) is 0 Å². The first-order valence-electron chi connectivity index (χ1n) is 13.2. The number of carbonyl (C=O) groups is 2. The number of amides is 2. The van der Waals surface area contributed by atoms with Crippen LogP contribution in [0.25, 0.3) is 22.6 Å². The van der Waals surface area contributed by atoms with E-state index in [0.717, 1.165) is 43.3 Å². The maximum Gasteiger partial charge on any atom is 0.269 e. The number of carbonyl (C=O) groups excluding carboxylic acids is 2. The fraction of sp³-hybridized carbons (Fsp3) is 0.429. The highest BCUT2D eigenvalue weighted by atomic mass is 32.2. The van der Waals surface area contributed by atoms with E-state index in [-0.39, 0.29) is 34.4 Å². The highest BCUT2D eigenvalue weighted by molar-refractivity contribution is 7.90. The van der Waals surface area contributed by atoms with Gasteiger partial charge in [-0.05, 0) is 80.6 Å². The standard InChI is InChI=1S/C28H32N6O4S/c1-15-25(27(35)31-21-13-33(3)14-21)32-26(30-15)22-10-18(7-8-29-22)19-9-20-12-34(16(2)17-5-6-17)28(36)24(20)23(11-19)39(4,37)38/h7-11,16-17,21H,5-6,12-14H2,1-4H3,(H,30,32)(H,31,35)/t16-/m0/s1. The molecular weight excluding hydrogens is 516 g/mol. The molecule has 204 valence electrons. The van der Waals surface area contributed by atoms with Gasteiger partial charge in [-0.3, -0.25) is 14.6 Å². The zero-order chi connectivity index (χ0) is 27.6. The minimum absolute atomic E-state index is 0.0540. The van der Waals surface area contributed by atoms with Crippen molar-refractivity contribution in [3.63, 3.8) is 0 Å². The molecule has 1 aromatic carbocycles. The number of nitrogens with one attached hydrogen (secondary N) is 2. The predicted molar refractivity (Wildman–Crippen MR) is 146 cm³/mol. The minimum Gasteiger partial charge on any atom is -0.345 e. The molecule has 0 spiro atoms. The number of H-pyrrole nitrogens is 1. The number of hydrogen-bond acceptors (Lipinski definition) is 7. The molecule has 2 amide bonds. The summed E-state index contributed by atoms with van der Waals surface area (Å²) in [6.45, 7) is 5.84. The molecule has 1 aliphatic carbocycles. The van der Waals surface area contributed by atoms with E-state index in [1.165, 1.54) is 0 Å².